The van der Waals surface area contributed by atoms with Crippen molar-refractivity contribution >= 4 is 33.3 Å². The smallest absolute Gasteiger partial charge is 0.171 e. The second kappa shape index (κ2) is 6.07. The predicted octanol–water partition coefficient (Wildman–Crippen LogP) is 5.67. The highest BCUT2D eigenvalue weighted by molar-refractivity contribution is 7.13. The number of para-hydroxylation sites is 1. The van der Waals surface area contributed by atoms with Gasteiger partial charge in [-0.2, -0.15) is 0 Å². The van der Waals surface area contributed by atoms with Gasteiger partial charge in [-0.05, 0) is 30.0 Å². The van der Waals surface area contributed by atoms with Crippen LogP contribution in [-0.4, -0.2) is 14.5 Å². The van der Waals surface area contributed by atoms with E-state index in [9.17, 15) is 0 Å². The number of aromatic nitrogens is 3. The molecule has 0 aliphatic rings. The van der Waals surface area contributed by atoms with Crippen molar-refractivity contribution in [3.8, 4) is 10.7 Å². The first-order valence-corrected chi connectivity index (χ1v) is 9.52. The number of thiophene rings is 1. The van der Waals surface area contributed by atoms with Gasteiger partial charge >= 0.3 is 0 Å². The second-order valence-corrected chi connectivity index (χ2v) is 7.35. The number of hydrogen-bond donors (Lipinski definition) is 0. The molecule has 3 heterocycles. The van der Waals surface area contributed by atoms with E-state index in [0.29, 0.717) is 0 Å². The summed E-state index contributed by atoms with van der Waals surface area (Å²) >= 11 is 1.68. The molecule has 5 rings (SSSR count). The zero-order valence-corrected chi connectivity index (χ0v) is 15.2. The normalized spacial score (nSPS) is 11.4. The topological polar surface area (TPSA) is 30.7 Å². The van der Waals surface area contributed by atoms with Crippen LogP contribution in [0.1, 0.15) is 11.3 Å². The first kappa shape index (κ1) is 15.3. The number of aryl methyl sites for hydroxylation is 1. The van der Waals surface area contributed by atoms with Crippen molar-refractivity contribution in [1.82, 2.24) is 14.5 Å². The van der Waals surface area contributed by atoms with E-state index >= 15 is 0 Å². The first-order valence-electron chi connectivity index (χ1n) is 8.64. The molecule has 26 heavy (non-hydrogen) atoms. The molecule has 0 aliphatic carbocycles. The number of hydrogen-bond acceptors (Lipinski definition) is 3. The third-order valence-electron chi connectivity index (χ3n) is 4.72. The zero-order chi connectivity index (χ0) is 17.5. The van der Waals surface area contributed by atoms with E-state index in [4.69, 9.17) is 9.97 Å². The number of fused-ring (bicyclic) bond motifs is 3. The van der Waals surface area contributed by atoms with E-state index in [0.717, 1.165) is 34.0 Å². The van der Waals surface area contributed by atoms with Crippen molar-refractivity contribution in [2.75, 3.05) is 0 Å². The molecule has 0 fully saturated rings. The largest absolute Gasteiger partial charge is 0.321 e. The maximum absolute atomic E-state index is 4.97. The summed E-state index contributed by atoms with van der Waals surface area (Å²) in [4.78, 5) is 10.9. The van der Waals surface area contributed by atoms with Gasteiger partial charge in [-0.25, -0.2) is 9.97 Å². The van der Waals surface area contributed by atoms with Gasteiger partial charge < -0.3 is 4.57 Å². The molecule has 3 nitrogen and oxygen atoms in total. The highest BCUT2D eigenvalue weighted by atomic mass is 32.1. The zero-order valence-electron chi connectivity index (χ0n) is 14.4. The van der Waals surface area contributed by atoms with Gasteiger partial charge in [0.05, 0.1) is 16.1 Å². The monoisotopic (exact) mass is 355 g/mol. The molecule has 126 valence electrons. The Hall–Kier alpha value is -2.98. The standard InChI is InChI=1S/C22H17N3S/c1-15-20-17-10-5-6-11-18(17)25(14-16-8-3-2-4-9-16)22(20)24-21(23-15)19-12-7-13-26-19/h2-13H,14H2,1H3. The Morgan fingerprint density at radius 1 is 0.885 bits per heavy atom. The van der Waals surface area contributed by atoms with Crippen LogP contribution in [0, 0.1) is 6.92 Å². The van der Waals surface area contributed by atoms with E-state index in [2.05, 4.69) is 77.5 Å². The quantitative estimate of drug-likeness (QED) is 0.417. The fourth-order valence-electron chi connectivity index (χ4n) is 3.54. The van der Waals surface area contributed by atoms with Crippen LogP contribution in [0.4, 0.5) is 0 Å². The average molecular weight is 355 g/mol. The van der Waals surface area contributed by atoms with Gasteiger partial charge in [-0.3, -0.25) is 0 Å². The summed E-state index contributed by atoms with van der Waals surface area (Å²) in [6, 6.07) is 23.2. The van der Waals surface area contributed by atoms with Gasteiger partial charge in [-0.1, -0.05) is 54.6 Å². The van der Waals surface area contributed by atoms with E-state index < -0.39 is 0 Å². The molecular weight excluding hydrogens is 338 g/mol. The highest BCUT2D eigenvalue weighted by Gasteiger charge is 2.17. The maximum Gasteiger partial charge on any atom is 0.171 e. The Kier molecular flexibility index (Phi) is 3.57. The molecule has 0 spiro atoms. The summed E-state index contributed by atoms with van der Waals surface area (Å²) in [6.45, 7) is 2.88. The SMILES string of the molecule is Cc1nc(-c2cccs2)nc2c1c1ccccc1n2Cc1ccccc1. The first-order chi connectivity index (χ1) is 12.8. The van der Waals surface area contributed by atoms with Crippen LogP contribution in [0.2, 0.25) is 0 Å². The minimum absolute atomic E-state index is 0.797. The summed E-state index contributed by atoms with van der Waals surface area (Å²) in [5, 5.41) is 4.43. The Labute approximate surface area is 155 Å². The number of nitrogens with zero attached hydrogens (tertiary/aromatic N) is 3. The summed E-state index contributed by atoms with van der Waals surface area (Å²) in [7, 11) is 0. The highest BCUT2D eigenvalue weighted by Crippen LogP contribution is 2.32. The lowest BCUT2D eigenvalue weighted by Gasteiger charge is -2.08. The molecule has 0 aliphatic heterocycles. The Bertz CT molecular complexity index is 1200. The molecule has 0 atom stereocenters. The average Bonchev–Trinajstić information content (AvgIpc) is 3.30. The van der Waals surface area contributed by atoms with Gasteiger partial charge in [0.1, 0.15) is 5.65 Å². The van der Waals surface area contributed by atoms with Crippen molar-refractivity contribution in [2.24, 2.45) is 0 Å². The van der Waals surface area contributed by atoms with Crippen molar-refractivity contribution in [3.05, 3.63) is 83.4 Å². The van der Waals surface area contributed by atoms with E-state index in [1.807, 2.05) is 6.07 Å². The molecular formula is C22H17N3S. The fraction of sp³-hybridized carbons (Fsp3) is 0.0909. The van der Waals surface area contributed by atoms with Gasteiger partial charge in [0.2, 0.25) is 0 Å². The number of rotatable bonds is 3. The minimum atomic E-state index is 0.797. The van der Waals surface area contributed by atoms with Gasteiger partial charge in [-0.15, -0.1) is 11.3 Å². The predicted molar refractivity (Wildman–Crippen MR) is 109 cm³/mol. The van der Waals surface area contributed by atoms with Crippen LogP contribution in [0.3, 0.4) is 0 Å². The molecule has 2 aromatic carbocycles. The van der Waals surface area contributed by atoms with Crippen molar-refractivity contribution < 1.29 is 0 Å². The van der Waals surface area contributed by atoms with E-state index in [1.54, 1.807) is 11.3 Å². The van der Waals surface area contributed by atoms with Gasteiger partial charge in [0.25, 0.3) is 0 Å². The molecule has 0 unspecified atom stereocenters. The lowest BCUT2D eigenvalue weighted by molar-refractivity contribution is 0.854. The Morgan fingerprint density at radius 3 is 2.50 bits per heavy atom. The summed E-state index contributed by atoms with van der Waals surface area (Å²) < 4.78 is 2.31. The van der Waals surface area contributed by atoms with E-state index in [-0.39, 0.29) is 0 Å². The van der Waals surface area contributed by atoms with Gasteiger partial charge in [0.15, 0.2) is 5.82 Å². The maximum atomic E-state index is 4.97. The lowest BCUT2D eigenvalue weighted by atomic mass is 10.2. The van der Waals surface area contributed by atoms with Crippen LogP contribution >= 0.6 is 11.3 Å². The summed E-state index contributed by atoms with van der Waals surface area (Å²) in [5.74, 6) is 0.808. The Balaban J connectivity index is 1.82. The van der Waals surface area contributed by atoms with Crippen LogP contribution in [0.15, 0.2) is 72.1 Å². The fourth-order valence-corrected chi connectivity index (χ4v) is 4.20. The molecule has 3 aromatic heterocycles. The molecule has 0 bridgehead atoms. The third-order valence-corrected chi connectivity index (χ3v) is 5.58. The van der Waals surface area contributed by atoms with Crippen LogP contribution in [0.25, 0.3) is 32.6 Å². The molecule has 4 heteroatoms. The lowest BCUT2D eigenvalue weighted by Crippen LogP contribution is -2.02. The van der Waals surface area contributed by atoms with E-state index in [1.165, 1.54) is 16.5 Å². The Morgan fingerprint density at radius 2 is 1.69 bits per heavy atom. The molecule has 5 aromatic rings. The molecule has 0 saturated heterocycles. The summed E-state index contributed by atoms with van der Waals surface area (Å²) in [5.41, 5.74) is 4.50. The van der Waals surface area contributed by atoms with Crippen molar-refractivity contribution in [2.45, 2.75) is 13.5 Å². The van der Waals surface area contributed by atoms with Crippen LogP contribution in [0.5, 0.6) is 0 Å². The summed E-state index contributed by atoms with van der Waals surface area (Å²) in [6.07, 6.45) is 0. The van der Waals surface area contributed by atoms with Crippen molar-refractivity contribution in [1.29, 1.82) is 0 Å². The van der Waals surface area contributed by atoms with Crippen LogP contribution < -0.4 is 0 Å². The minimum Gasteiger partial charge on any atom is -0.321 e. The second-order valence-electron chi connectivity index (χ2n) is 6.40. The molecule has 0 radical (unpaired) electrons. The molecule has 0 amide bonds. The molecule has 0 saturated carbocycles. The van der Waals surface area contributed by atoms with Crippen LogP contribution in [-0.2, 0) is 6.54 Å². The number of benzene rings is 2. The third kappa shape index (κ3) is 2.42. The van der Waals surface area contributed by atoms with Crippen molar-refractivity contribution in [3.63, 3.8) is 0 Å². The van der Waals surface area contributed by atoms with Gasteiger partial charge in [0, 0.05) is 17.3 Å². The molecule has 0 N–H and O–H groups in total.